The molecule has 0 aliphatic rings. The second-order valence-corrected chi connectivity index (χ2v) is 4.48. The molecule has 0 fully saturated rings. The van der Waals surface area contributed by atoms with Gasteiger partial charge in [-0.2, -0.15) is 0 Å². The number of rotatable bonds is 5. The molecule has 110 valence electrons. The van der Waals surface area contributed by atoms with Crippen LogP contribution in [0, 0.1) is 0 Å². The van der Waals surface area contributed by atoms with Crippen molar-refractivity contribution < 1.29 is 14.7 Å². The van der Waals surface area contributed by atoms with Gasteiger partial charge in [-0.3, -0.25) is 4.79 Å². The summed E-state index contributed by atoms with van der Waals surface area (Å²) in [6, 6.07) is 17.9. The molecule has 2 N–H and O–H groups in total. The average Bonchev–Trinajstić information content (AvgIpc) is 2.55. The number of nitrogens with one attached hydrogen (secondary N) is 1. The van der Waals surface area contributed by atoms with Gasteiger partial charge in [-0.1, -0.05) is 60.7 Å². The summed E-state index contributed by atoms with van der Waals surface area (Å²) in [5.41, 5.74) is 1.17. The lowest BCUT2D eigenvalue weighted by atomic mass is 10.2. The molecule has 0 saturated heterocycles. The number of amides is 1. The highest BCUT2D eigenvalue weighted by Gasteiger charge is 2.11. The van der Waals surface area contributed by atoms with Crippen LogP contribution in [0.1, 0.15) is 15.9 Å². The molecule has 0 saturated carbocycles. The molecule has 0 bridgehead atoms. The van der Waals surface area contributed by atoms with Gasteiger partial charge in [0.25, 0.3) is 5.91 Å². The van der Waals surface area contributed by atoms with Gasteiger partial charge in [-0.05, 0) is 23.8 Å². The van der Waals surface area contributed by atoms with E-state index in [1.165, 1.54) is 6.08 Å². The SMILES string of the molecule is O=C(O)/C(=C/C=C/c1ccccc1)NC(=O)c1ccccc1. The molecule has 0 atom stereocenters. The Morgan fingerprint density at radius 2 is 1.50 bits per heavy atom. The second kappa shape index (κ2) is 7.59. The van der Waals surface area contributed by atoms with Crippen LogP contribution in [0.25, 0.3) is 6.08 Å². The van der Waals surface area contributed by atoms with Gasteiger partial charge in [0, 0.05) is 5.56 Å². The fourth-order valence-electron chi connectivity index (χ4n) is 1.77. The topological polar surface area (TPSA) is 66.4 Å². The maximum absolute atomic E-state index is 12.0. The predicted octanol–water partition coefficient (Wildman–Crippen LogP) is 3.10. The number of allylic oxidation sites excluding steroid dienone is 2. The zero-order chi connectivity index (χ0) is 15.8. The summed E-state index contributed by atoms with van der Waals surface area (Å²) in [5, 5.41) is 11.5. The summed E-state index contributed by atoms with van der Waals surface area (Å²) in [6.07, 6.45) is 4.71. The van der Waals surface area contributed by atoms with E-state index in [1.807, 2.05) is 30.3 Å². The Bertz CT molecular complexity index is 704. The van der Waals surface area contributed by atoms with Gasteiger partial charge in [0.15, 0.2) is 0 Å². The zero-order valence-corrected chi connectivity index (χ0v) is 11.8. The highest BCUT2D eigenvalue weighted by atomic mass is 16.4. The van der Waals surface area contributed by atoms with E-state index in [-0.39, 0.29) is 5.70 Å². The fraction of sp³-hybridized carbons (Fsp3) is 0. The minimum Gasteiger partial charge on any atom is -0.477 e. The predicted molar refractivity (Wildman–Crippen MR) is 85.1 cm³/mol. The van der Waals surface area contributed by atoms with Crippen molar-refractivity contribution in [3.05, 3.63) is 89.6 Å². The molecule has 0 aromatic heterocycles. The van der Waals surface area contributed by atoms with Crippen LogP contribution in [0.3, 0.4) is 0 Å². The van der Waals surface area contributed by atoms with Crippen LogP contribution >= 0.6 is 0 Å². The molecule has 2 rings (SSSR count). The molecule has 1 amide bonds. The molecule has 0 spiro atoms. The van der Waals surface area contributed by atoms with Crippen LogP contribution in [-0.2, 0) is 4.79 Å². The van der Waals surface area contributed by atoms with Crippen LogP contribution in [0.4, 0.5) is 0 Å². The van der Waals surface area contributed by atoms with E-state index in [0.29, 0.717) is 5.56 Å². The molecule has 0 unspecified atom stereocenters. The summed E-state index contributed by atoms with van der Waals surface area (Å²) in [6.45, 7) is 0. The zero-order valence-electron chi connectivity index (χ0n) is 11.8. The summed E-state index contributed by atoms with van der Waals surface area (Å²) >= 11 is 0. The van der Waals surface area contributed by atoms with E-state index in [4.69, 9.17) is 5.11 Å². The number of carbonyl (C=O) groups excluding carboxylic acids is 1. The van der Waals surface area contributed by atoms with Gasteiger partial charge in [0.2, 0.25) is 0 Å². The number of carbonyl (C=O) groups is 2. The smallest absolute Gasteiger partial charge is 0.352 e. The minimum absolute atomic E-state index is 0.180. The molecule has 0 heterocycles. The van der Waals surface area contributed by atoms with Gasteiger partial charge in [-0.15, -0.1) is 0 Å². The molecule has 4 nitrogen and oxygen atoms in total. The third-order valence-electron chi connectivity index (χ3n) is 2.87. The van der Waals surface area contributed by atoms with Crippen molar-refractivity contribution in [2.75, 3.05) is 0 Å². The fourth-order valence-corrected chi connectivity index (χ4v) is 1.77. The standard InChI is InChI=1S/C18H15NO3/c20-17(15-11-5-2-6-12-15)19-16(18(21)22)13-7-10-14-8-3-1-4-9-14/h1-13H,(H,19,20)(H,21,22)/b10-7+,16-13-. The Labute approximate surface area is 128 Å². The lowest BCUT2D eigenvalue weighted by Gasteiger charge is -2.05. The summed E-state index contributed by atoms with van der Waals surface area (Å²) in [4.78, 5) is 23.1. The number of carboxylic acid groups (broad SMARTS) is 1. The Kier molecular flexibility index (Phi) is 5.26. The van der Waals surface area contributed by atoms with Crippen molar-refractivity contribution in [2.24, 2.45) is 0 Å². The first-order valence-corrected chi connectivity index (χ1v) is 6.70. The average molecular weight is 293 g/mol. The lowest BCUT2D eigenvalue weighted by Crippen LogP contribution is -2.27. The first-order valence-electron chi connectivity index (χ1n) is 6.70. The Morgan fingerprint density at radius 1 is 0.909 bits per heavy atom. The quantitative estimate of drug-likeness (QED) is 0.657. The van der Waals surface area contributed by atoms with Crippen LogP contribution < -0.4 is 5.32 Å². The van der Waals surface area contributed by atoms with Crippen LogP contribution in [0.5, 0.6) is 0 Å². The van der Waals surface area contributed by atoms with E-state index in [0.717, 1.165) is 5.56 Å². The first-order chi connectivity index (χ1) is 10.7. The van der Waals surface area contributed by atoms with Crippen LogP contribution in [0.15, 0.2) is 78.5 Å². The normalized spacial score (nSPS) is 11.4. The van der Waals surface area contributed by atoms with Crippen molar-refractivity contribution in [1.29, 1.82) is 0 Å². The van der Waals surface area contributed by atoms with Crippen molar-refractivity contribution in [1.82, 2.24) is 5.32 Å². The van der Waals surface area contributed by atoms with E-state index in [2.05, 4.69) is 5.32 Å². The maximum atomic E-state index is 12.0. The molecule has 0 radical (unpaired) electrons. The molecule has 22 heavy (non-hydrogen) atoms. The molecule has 4 heteroatoms. The minimum atomic E-state index is -1.19. The van der Waals surface area contributed by atoms with Crippen LogP contribution in [-0.4, -0.2) is 17.0 Å². The second-order valence-electron chi connectivity index (χ2n) is 4.48. The Hall–Kier alpha value is -3.14. The third-order valence-corrected chi connectivity index (χ3v) is 2.87. The number of aliphatic carboxylic acids is 1. The Morgan fingerprint density at radius 3 is 2.09 bits per heavy atom. The number of carboxylic acids is 1. The summed E-state index contributed by atoms with van der Waals surface area (Å²) in [5.74, 6) is -1.65. The van der Waals surface area contributed by atoms with Gasteiger partial charge in [-0.25, -0.2) is 4.79 Å². The molecule has 0 aliphatic heterocycles. The molecule has 2 aromatic carbocycles. The van der Waals surface area contributed by atoms with Crippen molar-refractivity contribution >= 4 is 18.0 Å². The van der Waals surface area contributed by atoms with Crippen molar-refractivity contribution in [3.63, 3.8) is 0 Å². The van der Waals surface area contributed by atoms with Gasteiger partial charge >= 0.3 is 5.97 Å². The highest BCUT2D eigenvalue weighted by molar-refractivity contribution is 6.00. The Balaban J connectivity index is 2.10. The highest BCUT2D eigenvalue weighted by Crippen LogP contribution is 2.03. The summed E-state index contributed by atoms with van der Waals surface area (Å²) < 4.78 is 0. The van der Waals surface area contributed by atoms with E-state index in [1.54, 1.807) is 42.5 Å². The third kappa shape index (κ3) is 4.45. The molecule has 2 aromatic rings. The number of hydrogen-bond donors (Lipinski definition) is 2. The largest absolute Gasteiger partial charge is 0.477 e. The van der Waals surface area contributed by atoms with Gasteiger partial charge in [0.05, 0.1) is 0 Å². The van der Waals surface area contributed by atoms with E-state index < -0.39 is 11.9 Å². The van der Waals surface area contributed by atoms with E-state index in [9.17, 15) is 9.59 Å². The summed E-state index contributed by atoms with van der Waals surface area (Å²) in [7, 11) is 0. The van der Waals surface area contributed by atoms with E-state index >= 15 is 0 Å². The molecular weight excluding hydrogens is 278 g/mol. The molecule has 0 aliphatic carbocycles. The van der Waals surface area contributed by atoms with Gasteiger partial charge < -0.3 is 10.4 Å². The van der Waals surface area contributed by atoms with Crippen molar-refractivity contribution in [2.45, 2.75) is 0 Å². The monoisotopic (exact) mass is 293 g/mol. The van der Waals surface area contributed by atoms with Crippen molar-refractivity contribution in [3.8, 4) is 0 Å². The lowest BCUT2D eigenvalue weighted by molar-refractivity contribution is -0.133. The maximum Gasteiger partial charge on any atom is 0.352 e. The molecular formula is C18H15NO3. The number of benzene rings is 2. The van der Waals surface area contributed by atoms with Gasteiger partial charge in [0.1, 0.15) is 5.70 Å². The first kappa shape index (κ1) is 15.3. The number of hydrogen-bond acceptors (Lipinski definition) is 2. The van der Waals surface area contributed by atoms with Crippen LogP contribution in [0.2, 0.25) is 0 Å².